The number of carbonyl (C=O) groups excluding carboxylic acids is 1. The van der Waals surface area contributed by atoms with E-state index >= 15 is 0 Å². The summed E-state index contributed by atoms with van der Waals surface area (Å²) in [6, 6.07) is 2.69. The van der Waals surface area contributed by atoms with Crippen molar-refractivity contribution >= 4 is 30.0 Å². The maximum atomic E-state index is 10.4. The minimum absolute atomic E-state index is 0.299. The van der Waals surface area contributed by atoms with Crippen molar-refractivity contribution in [1.82, 2.24) is 0 Å². The molecule has 0 amide bonds. The molecule has 6 heteroatoms. The lowest BCUT2D eigenvalue weighted by atomic mass is 10.4. The Morgan fingerprint density at radius 3 is 2.79 bits per heavy atom. The molecule has 74 valence electrons. The number of rotatable bonds is 4. The van der Waals surface area contributed by atoms with Gasteiger partial charge >= 0.3 is 5.88 Å². The van der Waals surface area contributed by atoms with Crippen LogP contribution < -0.4 is 0 Å². The van der Waals surface area contributed by atoms with E-state index in [2.05, 4.69) is 0 Å². The SMILES string of the molecule is CS/C(C=O)=C\c1ccc([N+](=O)[O-])o1. The minimum Gasteiger partial charge on any atom is -0.401 e. The van der Waals surface area contributed by atoms with Crippen molar-refractivity contribution in [2.45, 2.75) is 0 Å². The van der Waals surface area contributed by atoms with Gasteiger partial charge in [-0.25, -0.2) is 0 Å². The second-order valence-corrected chi connectivity index (χ2v) is 3.18. The van der Waals surface area contributed by atoms with Gasteiger partial charge < -0.3 is 4.42 Å². The van der Waals surface area contributed by atoms with E-state index in [0.717, 1.165) is 0 Å². The van der Waals surface area contributed by atoms with Crippen LogP contribution in [0.25, 0.3) is 6.08 Å². The third-order valence-electron chi connectivity index (χ3n) is 1.43. The molecule has 0 saturated carbocycles. The van der Waals surface area contributed by atoms with E-state index in [4.69, 9.17) is 4.42 Å². The summed E-state index contributed by atoms with van der Waals surface area (Å²) in [6.07, 6.45) is 3.85. The zero-order chi connectivity index (χ0) is 10.6. The summed E-state index contributed by atoms with van der Waals surface area (Å²) in [4.78, 5) is 20.5. The molecule has 0 fully saturated rings. The molecule has 5 nitrogen and oxygen atoms in total. The number of aldehydes is 1. The van der Waals surface area contributed by atoms with Gasteiger partial charge in [0.15, 0.2) is 6.29 Å². The van der Waals surface area contributed by atoms with Crippen LogP contribution in [0.3, 0.4) is 0 Å². The van der Waals surface area contributed by atoms with Gasteiger partial charge in [0, 0.05) is 0 Å². The Labute approximate surface area is 83.9 Å². The van der Waals surface area contributed by atoms with E-state index in [9.17, 15) is 14.9 Å². The number of furan rings is 1. The highest BCUT2D eigenvalue weighted by molar-refractivity contribution is 8.03. The van der Waals surface area contributed by atoms with Gasteiger partial charge in [-0.05, 0) is 18.4 Å². The van der Waals surface area contributed by atoms with Crippen LogP contribution in [0.4, 0.5) is 5.88 Å². The number of hydrogen-bond donors (Lipinski definition) is 0. The summed E-state index contributed by atoms with van der Waals surface area (Å²) in [7, 11) is 0. The summed E-state index contributed by atoms with van der Waals surface area (Å²) in [5, 5.41) is 10.3. The number of carbonyl (C=O) groups is 1. The largest absolute Gasteiger partial charge is 0.433 e. The Hall–Kier alpha value is -1.56. The van der Waals surface area contributed by atoms with Crippen LogP contribution in [0.1, 0.15) is 5.76 Å². The van der Waals surface area contributed by atoms with Gasteiger partial charge in [0.1, 0.15) is 10.7 Å². The molecule has 0 unspecified atom stereocenters. The van der Waals surface area contributed by atoms with Gasteiger partial charge in [-0.2, -0.15) is 0 Å². The summed E-state index contributed by atoms with van der Waals surface area (Å²) < 4.78 is 4.83. The minimum atomic E-state index is -0.628. The van der Waals surface area contributed by atoms with Crippen molar-refractivity contribution in [2.24, 2.45) is 0 Å². The van der Waals surface area contributed by atoms with Crippen molar-refractivity contribution in [3.63, 3.8) is 0 Å². The first-order valence-electron chi connectivity index (χ1n) is 3.62. The fourth-order valence-corrected chi connectivity index (χ4v) is 1.13. The van der Waals surface area contributed by atoms with Gasteiger partial charge in [-0.1, -0.05) is 0 Å². The molecule has 0 N–H and O–H groups in total. The number of allylic oxidation sites excluding steroid dienone is 1. The maximum absolute atomic E-state index is 10.4. The van der Waals surface area contributed by atoms with E-state index in [1.54, 1.807) is 6.26 Å². The smallest absolute Gasteiger partial charge is 0.401 e. The third kappa shape index (κ3) is 2.46. The lowest BCUT2D eigenvalue weighted by molar-refractivity contribution is -0.402. The topological polar surface area (TPSA) is 73.3 Å². The van der Waals surface area contributed by atoms with Crippen molar-refractivity contribution < 1.29 is 14.1 Å². The predicted octanol–water partition coefficient (Wildman–Crippen LogP) is 2.09. The van der Waals surface area contributed by atoms with Crippen LogP contribution in [0.5, 0.6) is 0 Å². The molecular weight excluding hydrogens is 206 g/mol. The average molecular weight is 213 g/mol. The first-order chi connectivity index (χ1) is 6.67. The van der Waals surface area contributed by atoms with Crippen molar-refractivity contribution in [3.05, 3.63) is 32.9 Å². The van der Waals surface area contributed by atoms with E-state index in [1.165, 1.54) is 30.0 Å². The molecule has 1 heterocycles. The molecule has 14 heavy (non-hydrogen) atoms. The Morgan fingerprint density at radius 2 is 2.36 bits per heavy atom. The molecule has 1 aromatic rings. The van der Waals surface area contributed by atoms with E-state index in [-0.39, 0.29) is 5.88 Å². The van der Waals surface area contributed by atoms with Crippen molar-refractivity contribution in [2.75, 3.05) is 6.26 Å². The highest BCUT2D eigenvalue weighted by Gasteiger charge is 2.10. The van der Waals surface area contributed by atoms with E-state index in [0.29, 0.717) is 17.0 Å². The number of nitro groups is 1. The van der Waals surface area contributed by atoms with Gasteiger partial charge in [0.25, 0.3) is 0 Å². The molecule has 0 saturated heterocycles. The van der Waals surface area contributed by atoms with Crippen LogP contribution in [-0.4, -0.2) is 17.5 Å². The molecule has 0 bridgehead atoms. The normalized spacial score (nSPS) is 11.4. The lowest BCUT2D eigenvalue weighted by Crippen LogP contribution is -1.82. The van der Waals surface area contributed by atoms with E-state index < -0.39 is 4.92 Å². The molecule has 0 aliphatic rings. The van der Waals surface area contributed by atoms with Crippen molar-refractivity contribution in [3.8, 4) is 0 Å². The lowest BCUT2D eigenvalue weighted by Gasteiger charge is -1.89. The molecular formula is C8H7NO4S. The predicted molar refractivity (Wildman–Crippen MR) is 52.9 cm³/mol. The standard InChI is InChI=1S/C8H7NO4S/c1-14-7(5-10)4-6-2-3-8(13-6)9(11)12/h2-5H,1H3/b7-4-. The molecule has 0 aliphatic heterocycles. The molecule has 1 rings (SSSR count). The second-order valence-electron chi connectivity index (χ2n) is 2.30. The Bertz CT molecular complexity index is 382. The summed E-state index contributed by atoms with van der Waals surface area (Å²) in [5.41, 5.74) is 0. The highest BCUT2D eigenvalue weighted by atomic mass is 32.2. The van der Waals surface area contributed by atoms with Crippen LogP contribution in [-0.2, 0) is 4.79 Å². The summed E-state index contributed by atoms with van der Waals surface area (Å²) in [5.74, 6) is -0.0317. The fraction of sp³-hybridized carbons (Fsp3) is 0.125. The molecule has 0 atom stereocenters. The van der Waals surface area contributed by atoms with Crippen LogP contribution in [0.15, 0.2) is 21.5 Å². The molecule has 1 aromatic heterocycles. The Morgan fingerprint density at radius 1 is 1.64 bits per heavy atom. The second kappa shape index (κ2) is 4.61. The number of thioether (sulfide) groups is 1. The van der Waals surface area contributed by atoms with Crippen LogP contribution >= 0.6 is 11.8 Å². The monoisotopic (exact) mass is 213 g/mol. The summed E-state index contributed by atoms with van der Waals surface area (Å²) in [6.45, 7) is 0. The summed E-state index contributed by atoms with van der Waals surface area (Å²) >= 11 is 1.25. The first-order valence-corrected chi connectivity index (χ1v) is 4.85. The zero-order valence-corrected chi connectivity index (χ0v) is 8.11. The van der Waals surface area contributed by atoms with Crippen LogP contribution in [0.2, 0.25) is 0 Å². The maximum Gasteiger partial charge on any atom is 0.433 e. The van der Waals surface area contributed by atoms with E-state index in [1.807, 2.05) is 0 Å². The van der Waals surface area contributed by atoms with Crippen LogP contribution in [0, 0.1) is 10.1 Å². The first kappa shape index (κ1) is 10.5. The van der Waals surface area contributed by atoms with Gasteiger partial charge in [-0.3, -0.25) is 14.9 Å². The molecule has 0 aromatic carbocycles. The quantitative estimate of drug-likeness (QED) is 0.331. The molecule has 0 aliphatic carbocycles. The number of nitrogens with zero attached hydrogens (tertiary/aromatic N) is 1. The Kier molecular flexibility index (Phi) is 3.47. The van der Waals surface area contributed by atoms with Gasteiger partial charge in [-0.15, -0.1) is 11.8 Å². The molecule has 0 radical (unpaired) electrons. The third-order valence-corrected chi connectivity index (χ3v) is 2.11. The average Bonchev–Trinajstić information content (AvgIpc) is 2.62. The molecule has 0 spiro atoms. The van der Waals surface area contributed by atoms with Gasteiger partial charge in [0.2, 0.25) is 0 Å². The fourth-order valence-electron chi connectivity index (χ4n) is 0.799. The number of hydrogen-bond acceptors (Lipinski definition) is 5. The highest BCUT2D eigenvalue weighted by Crippen LogP contribution is 2.20. The Balaban J connectivity index is 2.92. The zero-order valence-electron chi connectivity index (χ0n) is 7.30. The van der Waals surface area contributed by atoms with Crippen molar-refractivity contribution in [1.29, 1.82) is 0 Å². The van der Waals surface area contributed by atoms with Gasteiger partial charge in [0.05, 0.1) is 11.0 Å².